The number of hydrogen-bond donors (Lipinski definition) is 0. The number of hydrogen-bond acceptors (Lipinski definition) is 2. The Kier molecular flexibility index (Phi) is 6.75. The van der Waals surface area contributed by atoms with Crippen LogP contribution in [0.4, 0.5) is 17.1 Å². The molecule has 9 aromatic carbocycles. The average molecular weight is 731 g/mol. The average Bonchev–Trinajstić information content (AvgIpc) is 3.91. The Morgan fingerprint density at radius 2 is 0.982 bits per heavy atom. The van der Waals surface area contributed by atoms with Gasteiger partial charge in [0.05, 0.1) is 16.7 Å². The summed E-state index contributed by atoms with van der Waals surface area (Å²) in [4.78, 5) is 2.46. The second kappa shape index (κ2) is 12.0. The summed E-state index contributed by atoms with van der Waals surface area (Å²) in [5.41, 5.74) is 11.5. The van der Waals surface area contributed by atoms with Gasteiger partial charge in [0.2, 0.25) is 0 Å². The molecule has 0 radical (unpaired) electrons. The minimum atomic E-state index is -0.671. The highest BCUT2D eigenvalue weighted by Crippen LogP contribution is 2.57. The van der Waals surface area contributed by atoms with Gasteiger partial charge in [0, 0.05) is 42.3 Å². The molecule has 0 N–H and O–H groups in total. The van der Waals surface area contributed by atoms with Crippen molar-refractivity contribution >= 4 is 81.1 Å². The summed E-state index contributed by atoms with van der Waals surface area (Å²) in [6, 6.07) is 76.4. The Balaban J connectivity index is 1.24. The maximum absolute atomic E-state index is 2.68. The van der Waals surface area contributed by atoms with Gasteiger partial charge < -0.3 is 9.47 Å². The molecule has 2 aromatic heterocycles. The van der Waals surface area contributed by atoms with Gasteiger partial charge in [-0.3, -0.25) is 0 Å². The zero-order valence-corrected chi connectivity index (χ0v) is 31.2. The lowest BCUT2D eigenvalue weighted by Crippen LogP contribution is -2.36. The first kappa shape index (κ1) is 31.4. The molecule has 0 saturated carbocycles. The topological polar surface area (TPSA) is 8.17 Å². The zero-order valence-electron chi connectivity index (χ0n) is 30.4. The van der Waals surface area contributed by atoms with Gasteiger partial charge in [-0.1, -0.05) is 158 Å². The number of fused-ring (bicyclic) bond motifs is 10. The summed E-state index contributed by atoms with van der Waals surface area (Å²) in [7, 11) is 0. The van der Waals surface area contributed by atoms with Gasteiger partial charge in [-0.2, -0.15) is 0 Å². The fourth-order valence-corrected chi connectivity index (χ4v) is 10.9. The first-order valence-corrected chi connectivity index (χ1v) is 20.1. The Morgan fingerprint density at radius 1 is 0.393 bits per heavy atom. The summed E-state index contributed by atoms with van der Waals surface area (Å²) in [5, 5.41) is 7.53. The number of aromatic nitrogens is 1. The van der Waals surface area contributed by atoms with Gasteiger partial charge in [0.25, 0.3) is 0 Å². The van der Waals surface area contributed by atoms with Crippen molar-refractivity contribution in [2.45, 2.75) is 5.54 Å². The summed E-state index contributed by atoms with van der Waals surface area (Å²) < 4.78 is 5.26. The maximum Gasteiger partial charge on any atom is 0.123 e. The highest BCUT2D eigenvalue weighted by Gasteiger charge is 2.48. The van der Waals surface area contributed by atoms with Gasteiger partial charge in [0.1, 0.15) is 5.54 Å². The molecule has 0 amide bonds. The molecule has 12 rings (SSSR count). The van der Waals surface area contributed by atoms with Crippen molar-refractivity contribution in [1.82, 2.24) is 4.57 Å². The summed E-state index contributed by atoms with van der Waals surface area (Å²) in [6.07, 6.45) is 0. The lowest BCUT2D eigenvalue weighted by molar-refractivity contribution is 0.568. The van der Waals surface area contributed by atoms with Crippen LogP contribution in [-0.2, 0) is 5.54 Å². The molecule has 0 atom stereocenters. The van der Waals surface area contributed by atoms with E-state index in [4.69, 9.17) is 0 Å². The monoisotopic (exact) mass is 730 g/mol. The zero-order chi connectivity index (χ0) is 36.8. The molecule has 2 heterocycles. The van der Waals surface area contributed by atoms with Crippen molar-refractivity contribution in [3.63, 3.8) is 0 Å². The number of thiophene rings is 1. The van der Waals surface area contributed by atoms with Crippen molar-refractivity contribution in [1.29, 1.82) is 0 Å². The quantitative estimate of drug-likeness (QED) is 0.171. The molecule has 0 spiro atoms. The smallest absolute Gasteiger partial charge is 0.123 e. The van der Waals surface area contributed by atoms with Crippen molar-refractivity contribution < 1.29 is 0 Å². The molecule has 0 fully saturated rings. The Hall–Kier alpha value is -6.94. The van der Waals surface area contributed by atoms with Crippen LogP contribution in [0.3, 0.4) is 0 Å². The largest absolute Gasteiger partial charge is 0.322 e. The van der Waals surface area contributed by atoms with Crippen LogP contribution < -0.4 is 4.90 Å². The van der Waals surface area contributed by atoms with Crippen molar-refractivity contribution in [2.75, 3.05) is 4.90 Å². The molecule has 0 saturated heterocycles. The van der Waals surface area contributed by atoms with Gasteiger partial charge in [-0.25, -0.2) is 0 Å². The Bertz CT molecular complexity index is 3280. The van der Waals surface area contributed by atoms with E-state index in [-0.39, 0.29) is 0 Å². The van der Waals surface area contributed by atoms with E-state index < -0.39 is 5.54 Å². The molecule has 2 nitrogen and oxygen atoms in total. The van der Waals surface area contributed by atoms with E-state index in [2.05, 4.69) is 216 Å². The molecule has 1 aliphatic carbocycles. The second-order valence-electron chi connectivity index (χ2n) is 14.8. The highest BCUT2D eigenvalue weighted by atomic mass is 32.1. The van der Waals surface area contributed by atoms with Crippen LogP contribution in [0.1, 0.15) is 16.7 Å². The van der Waals surface area contributed by atoms with Crippen molar-refractivity contribution in [3.8, 4) is 11.1 Å². The standard InChI is InChI=1S/C53H34N2S/c1-2-18-36(19-3-1)54(48-29-15-31-51-52(48)43-24-9-13-30-50(43)56-51)37-32-33-42-41-23-8-12-28-47(41)55(49(42)34-37)53(44-27-14-17-35-16-4-5-20-38(35)44)45-25-10-6-21-39(45)40-22-7-11-26-46(40)53/h1-34H. The predicted molar refractivity (Wildman–Crippen MR) is 238 cm³/mol. The number of benzene rings is 9. The van der Waals surface area contributed by atoms with Crippen molar-refractivity contribution in [2.24, 2.45) is 0 Å². The van der Waals surface area contributed by atoms with E-state index in [1.165, 1.54) is 86.3 Å². The molecule has 11 aromatic rings. The predicted octanol–water partition coefficient (Wildman–Crippen LogP) is 14.6. The highest BCUT2D eigenvalue weighted by molar-refractivity contribution is 7.26. The van der Waals surface area contributed by atoms with Crippen LogP contribution in [0.2, 0.25) is 0 Å². The molecule has 262 valence electrons. The molecule has 3 heteroatoms. The third kappa shape index (κ3) is 4.26. The van der Waals surface area contributed by atoms with Crippen LogP contribution in [0.25, 0.3) is 63.9 Å². The lowest BCUT2D eigenvalue weighted by Gasteiger charge is -2.37. The third-order valence-electron chi connectivity index (χ3n) is 12.0. The first-order chi connectivity index (χ1) is 27.8. The van der Waals surface area contributed by atoms with Crippen LogP contribution in [0.5, 0.6) is 0 Å². The summed E-state index contributed by atoms with van der Waals surface area (Å²) >= 11 is 1.86. The van der Waals surface area contributed by atoms with Gasteiger partial charge in [-0.15, -0.1) is 11.3 Å². The van der Waals surface area contributed by atoms with Crippen LogP contribution >= 0.6 is 11.3 Å². The molecule has 1 aliphatic rings. The Labute approximate surface area is 328 Å². The molecule has 0 bridgehead atoms. The van der Waals surface area contributed by atoms with E-state index in [9.17, 15) is 0 Å². The van der Waals surface area contributed by atoms with Gasteiger partial charge in [0.15, 0.2) is 0 Å². The van der Waals surface area contributed by atoms with E-state index in [0.29, 0.717) is 0 Å². The van der Waals surface area contributed by atoms with E-state index >= 15 is 0 Å². The van der Waals surface area contributed by atoms with Gasteiger partial charge >= 0.3 is 0 Å². The fourth-order valence-electron chi connectivity index (χ4n) is 9.81. The Morgan fingerprint density at radius 3 is 1.80 bits per heavy atom. The number of anilines is 3. The van der Waals surface area contributed by atoms with Crippen LogP contribution in [0.15, 0.2) is 206 Å². The third-order valence-corrected chi connectivity index (χ3v) is 13.1. The molecular formula is C53H34N2S. The number of para-hydroxylation sites is 2. The van der Waals surface area contributed by atoms with Gasteiger partial charge in [-0.05, 0) is 87.1 Å². The van der Waals surface area contributed by atoms with E-state index in [1.807, 2.05) is 11.3 Å². The first-order valence-electron chi connectivity index (χ1n) is 19.3. The molecule has 0 aliphatic heterocycles. The van der Waals surface area contributed by atoms with Crippen molar-refractivity contribution in [3.05, 3.63) is 223 Å². The van der Waals surface area contributed by atoms with E-state index in [1.54, 1.807) is 0 Å². The molecular weight excluding hydrogens is 697 g/mol. The SMILES string of the molecule is c1ccc(N(c2ccc3c4ccccc4n(C4(c5cccc6ccccc56)c5ccccc5-c5ccccc54)c3c2)c2cccc3sc4ccccc4c23)cc1. The van der Waals surface area contributed by atoms with E-state index in [0.717, 1.165) is 11.4 Å². The normalized spacial score (nSPS) is 13.1. The second-order valence-corrected chi connectivity index (χ2v) is 15.9. The fraction of sp³-hybridized carbons (Fsp3) is 0.0189. The number of nitrogens with zero attached hydrogens (tertiary/aromatic N) is 2. The number of rotatable bonds is 5. The summed E-state index contributed by atoms with van der Waals surface area (Å²) in [6.45, 7) is 0. The van der Waals surface area contributed by atoms with Crippen LogP contribution in [-0.4, -0.2) is 4.57 Å². The maximum atomic E-state index is 2.68. The van der Waals surface area contributed by atoms with Crippen LogP contribution in [0, 0.1) is 0 Å². The molecule has 0 unspecified atom stereocenters. The minimum absolute atomic E-state index is 0.671. The lowest BCUT2D eigenvalue weighted by atomic mass is 9.77. The summed E-state index contributed by atoms with van der Waals surface area (Å²) in [5.74, 6) is 0. The minimum Gasteiger partial charge on any atom is -0.322 e. The molecule has 56 heavy (non-hydrogen) atoms.